The highest BCUT2D eigenvalue weighted by Gasteiger charge is 2.85. The average molecular weight is 234 g/mol. The third-order valence-electron chi connectivity index (χ3n) is 5.93. The summed E-state index contributed by atoms with van der Waals surface area (Å²) in [5.74, 6) is 1.68. The van der Waals surface area contributed by atoms with E-state index in [0.29, 0.717) is 17.8 Å². The lowest BCUT2D eigenvalue weighted by Gasteiger charge is -2.35. The van der Waals surface area contributed by atoms with Crippen LogP contribution in [0.25, 0.3) is 0 Å². The molecule has 1 aliphatic heterocycles. The fraction of sp³-hybridized carbons (Fsp3) is 0.800. The fourth-order valence-corrected chi connectivity index (χ4v) is 5.27. The molecule has 5 atom stereocenters. The van der Waals surface area contributed by atoms with E-state index in [-0.39, 0.29) is 16.6 Å². The van der Waals surface area contributed by atoms with Crippen LogP contribution in [0.3, 0.4) is 0 Å². The van der Waals surface area contributed by atoms with Crippen molar-refractivity contribution in [3.05, 3.63) is 12.2 Å². The molecule has 0 amide bonds. The van der Waals surface area contributed by atoms with Crippen molar-refractivity contribution >= 4 is 6.29 Å². The molecular formula is C15H22O2. The number of hydrogen-bond donors (Lipinski definition) is 0. The fourth-order valence-electron chi connectivity index (χ4n) is 5.27. The zero-order chi connectivity index (χ0) is 12.5. The van der Waals surface area contributed by atoms with Gasteiger partial charge in [0.15, 0.2) is 0 Å². The maximum Gasteiger partial charge on any atom is 0.142 e. The monoisotopic (exact) mass is 234 g/mol. The highest BCUT2D eigenvalue weighted by atomic mass is 16.6. The molecular weight excluding hydrogens is 212 g/mol. The normalized spacial score (nSPS) is 54.7. The number of ether oxygens (including phenoxy) is 1. The Morgan fingerprint density at radius 1 is 1.24 bits per heavy atom. The van der Waals surface area contributed by atoms with Gasteiger partial charge in [0.2, 0.25) is 0 Å². The number of hydrogen-bond acceptors (Lipinski definition) is 2. The van der Waals surface area contributed by atoms with E-state index < -0.39 is 0 Å². The van der Waals surface area contributed by atoms with E-state index in [1.54, 1.807) is 6.08 Å². The molecule has 1 spiro atoms. The van der Waals surface area contributed by atoms with E-state index in [9.17, 15) is 4.79 Å². The van der Waals surface area contributed by atoms with Crippen LogP contribution < -0.4 is 0 Å². The first-order valence-corrected chi connectivity index (χ1v) is 6.73. The first-order valence-electron chi connectivity index (χ1n) is 6.73. The van der Waals surface area contributed by atoms with Crippen LogP contribution in [0.5, 0.6) is 0 Å². The van der Waals surface area contributed by atoms with Crippen LogP contribution in [0.15, 0.2) is 12.2 Å². The van der Waals surface area contributed by atoms with Gasteiger partial charge in [-0.3, -0.25) is 4.79 Å². The first-order chi connectivity index (χ1) is 7.91. The third-order valence-corrected chi connectivity index (χ3v) is 5.93. The van der Waals surface area contributed by atoms with E-state index in [4.69, 9.17) is 4.74 Å². The van der Waals surface area contributed by atoms with Gasteiger partial charge < -0.3 is 4.74 Å². The minimum absolute atomic E-state index is 0.0312. The number of rotatable bonds is 2. The van der Waals surface area contributed by atoms with E-state index in [0.717, 1.165) is 6.29 Å². The first kappa shape index (κ1) is 11.5. The molecule has 3 fully saturated rings. The molecule has 3 aliphatic rings. The number of aldehydes is 1. The van der Waals surface area contributed by atoms with Crippen molar-refractivity contribution in [2.24, 2.45) is 23.2 Å². The van der Waals surface area contributed by atoms with Gasteiger partial charge in [-0.05, 0) is 43.1 Å². The highest BCUT2D eigenvalue weighted by molar-refractivity contribution is 5.65. The largest absolute Gasteiger partial charge is 0.362 e. The molecule has 0 aromatic carbocycles. The molecule has 5 unspecified atom stereocenters. The minimum Gasteiger partial charge on any atom is -0.362 e. The van der Waals surface area contributed by atoms with Gasteiger partial charge in [0, 0.05) is 5.92 Å². The zero-order valence-electron chi connectivity index (χ0n) is 11.2. The average Bonchev–Trinajstić information content (AvgIpc) is 2.65. The predicted octanol–water partition coefficient (Wildman–Crippen LogP) is 2.97. The van der Waals surface area contributed by atoms with Gasteiger partial charge in [-0.25, -0.2) is 0 Å². The molecule has 2 heteroatoms. The number of carbonyl (C=O) groups is 1. The molecule has 2 saturated carbocycles. The molecule has 0 aromatic heterocycles. The summed E-state index contributed by atoms with van der Waals surface area (Å²) in [7, 11) is 0. The summed E-state index contributed by atoms with van der Waals surface area (Å²) < 4.78 is 6.24. The number of allylic oxidation sites excluding steroid dienone is 1. The van der Waals surface area contributed by atoms with Crippen LogP contribution in [0.4, 0.5) is 0 Å². The van der Waals surface area contributed by atoms with Crippen molar-refractivity contribution in [1.29, 1.82) is 0 Å². The lowest BCUT2D eigenvalue weighted by Crippen LogP contribution is -2.32. The van der Waals surface area contributed by atoms with Crippen molar-refractivity contribution < 1.29 is 9.53 Å². The van der Waals surface area contributed by atoms with Crippen LogP contribution in [-0.4, -0.2) is 17.5 Å². The minimum atomic E-state index is -0.0312. The summed E-state index contributed by atoms with van der Waals surface area (Å²) in [6.07, 6.45) is 7.17. The molecule has 1 heterocycles. The van der Waals surface area contributed by atoms with E-state index in [1.807, 2.05) is 0 Å². The Morgan fingerprint density at radius 2 is 1.94 bits per heavy atom. The van der Waals surface area contributed by atoms with Crippen LogP contribution in [-0.2, 0) is 9.53 Å². The van der Waals surface area contributed by atoms with Gasteiger partial charge in [-0.15, -0.1) is 0 Å². The van der Waals surface area contributed by atoms with Gasteiger partial charge in [-0.1, -0.05) is 26.8 Å². The summed E-state index contributed by atoms with van der Waals surface area (Å²) in [5, 5.41) is 0. The molecule has 3 rings (SSSR count). The summed E-state index contributed by atoms with van der Waals surface area (Å²) in [6.45, 7) is 9.26. The standard InChI is InChI=1S/C15H22O2/c1-10-7-8-12-13(2,3)11(6-5-9-16)14(4)15(10,12)17-14/h5-6,9-12H,7-8H2,1-4H3/b6-5+. The van der Waals surface area contributed by atoms with E-state index in [1.165, 1.54) is 12.8 Å². The Hall–Kier alpha value is -0.630. The van der Waals surface area contributed by atoms with Crippen molar-refractivity contribution in [1.82, 2.24) is 0 Å². The lowest BCUT2D eigenvalue weighted by molar-refractivity contribution is -0.104. The van der Waals surface area contributed by atoms with Gasteiger partial charge in [-0.2, -0.15) is 0 Å². The second-order valence-corrected chi connectivity index (χ2v) is 6.85. The van der Waals surface area contributed by atoms with Crippen LogP contribution in [0, 0.1) is 23.2 Å². The Morgan fingerprint density at radius 3 is 2.53 bits per heavy atom. The van der Waals surface area contributed by atoms with Crippen molar-refractivity contribution in [3.63, 3.8) is 0 Å². The number of carbonyl (C=O) groups excluding carboxylic acids is 1. The van der Waals surface area contributed by atoms with Gasteiger partial charge >= 0.3 is 0 Å². The number of epoxide rings is 1. The molecule has 0 bridgehead atoms. The van der Waals surface area contributed by atoms with Crippen LogP contribution in [0.1, 0.15) is 40.5 Å². The van der Waals surface area contributed by atoms with Gasteiger partial charge in [0.05, 0.1) is 0 Å². The Balaban J connectivity index is 2.04. The smallest absolute Gasteiger partial charge is 0.142 e. The second-order valence-electron chi connectivity index (χ2n) is 6.85. The topological polar surface area (TPSA) is 29.6 Å². The Bertz CT molecular complexity index is 398. The van der Waals surface area contributed by atoms with Crippen molar-refractivity contribution in [3.8, 4) is 0 Å². The lowest BCUT2D eigenvalue weighted by atomic mass is 9.72. The summed E-state index contributed by atoms with van der Waals surface area (Å²) >= 11 is 0. The van der Waals surface area contributed by atoms with Crippen LogP contribution in [0.2, 0.25) is 0 Å². The molecule has 2 aliphatic carbocycles. The zero-order valence-corrected chi connectivity index (χ0v) is 11.2. The van der Waals surface area contributed by atoms with Gasteiger partial charge in [0.1, 0.15) is 17.5 Å². The van der Waals surface area contributed by atoms with E-state index >= 15 is 0 Å². The van der Waals surface area contributed by atoms with Crippen molar-refractivity contribution in [2.45, 2.75) is 51.7 Å². The van der Waals surface area contributed by atoms with E-state index in [2.05, 4.69) is 33.8 Å². The van der Waals surface area contributed by atoms with Gasteiger partial charge in [0.25, 0.3) is 0 Å². The summed E-state index contributed by atoms with van der Waals surface area (Å²) in [6, 6.07) is 0. The maximum absolute atomic E-state index is 10.6. The third kappa shape index (κ3) is 1.04. The van der Waals surface area contributed by atoms with Crippen LogP contribution >= 0.6 is 0 Å². The molecule has 1 saturated heterocycles. The predicted molar refractivity (Wildman–Crippen MR) is 66.6 cm³/mol. The molecule has 0 radical (unpaired) electrons. The molecule has 0 N–H and O–H groups in total. The molecule has 2 nitrogen and oxygen atoms in total. The molecule has 0 aromatic rings. The Labute approximate surface area is 103 Å². The quantitative estimate of drug-likeness (QED) is 0.417. The Kier molecular flexibility index (Phi) is 2.04. The molecule has 94 valence electrons. The summed E-state index contributed by atoms with van der Waals surface area (Å²) in [4.78, 5) is 10.6. The summed E-state index contributed by atoms with van der Waals surface area (Å²) in [5.41, 5.74) is 0.322. The SMILES string of the molecule is CC1CCC2C(C)(C)C(/C=C/C=O)C3(C)OC123. The van der Waals surface area contributed by atoms with Crippen molar-refractivity contribution in [2.75, 3.05) is 0 Å². The molecule has 17 heavy (non-hydrogen) atoms. The maximum atomic E-state index is 10.6. The second kappa shape index (κ2) is 3.03. The highest BCUT2D eigenvalue weighted by Crippen LogP contribution is 2.78.